The summed E-state index contributed by atoms with van der Waals surface area (Å²) >= 11 is 8.28. The van der Waals surface area contributed by atoms with Crippen molar-refractivity contribution in [3.05, 3.63) is 56.6 Å². The maximum atomic E-state index is 9.70. The van der Waals surface area contributed by atoms with Crippen molar-refractivity contribution in [2.45, 2.75) is 6.54 Å². The molecular formula is C13H11ClINO. The first-order valence-electron chi connectivity index (χ1n) is 5.12. The van der Waals surface area contributed by atoms with Gasteiger partial charge in [0.2, 0.25) is 0 Å². The molecule has 0 bridgehead atoms. The van der Waals surface area contributed by atoms with Crippen molar-refractivity contribution in [1.29, 1.82) is 0 Å². The van der Waals surface area contributed by atoms with Crippen LogP contribution in [0.3, 0.4) is 0 Å². The number of phenolic OH excluding ortho intramolecular Hbond substituents is 1. The van der Waals surface area contributed by atoms with E-state index in [4.69, 9.17) is 11.6 Å². The maximum absolute atomic E-state index is 9.70. The van der Waals surface area contributed by atoms with E-state index in [0.29, 0.717) is 17.1 Å². The molecule has 2 N–H and O–H groups in total. The van der Waals surface area contributed by atoms with Crippen molar-refractivity contribution in [3.8, 4) is 5.75 Å². The summed E-state index contributed by atoms with van der Waals surface area (Å²) in [7, 11) is 0. The highest BCUT2D eigenvalue weighted by atomic mass is 127. The summed E-state index contributed by atoms with van der Waals surface area (Å²) in [5.74, 6) is 0.218. The van der Waals surface area contributed by atoms with E-state index in [1.165, 1.54) is 0 Å². The fourth-order valence-corrected chi connectivity index (χ4v) is 2.29. The number of anilines is 1. The molecule has 0 aliphatic rings. The number of aromatic hydroxyl groups is 1. The van der Waals surface area contributed by atoms with Gasteiger partial charge in [0.15, 0.2) is 0 Å². The topological polar surface area (TPSA) is 32.3 Å². The van der Waals surface area contributed by atoms with Crippen molar-refractivity contribution in [2.24, 2.45) is 0 Å². The van der Waals surface area contributed by atoms with E-state index in [1.54, 1.807) is 18.2 Å². The van der Waals surface area contributed by atoms with Gasteiger partial charge in [-0.1, -0.05) is 23.7 Å². The lowest BCUT2D eigenvalue weighted by Gasteiger charge is -2.10. The van der Waals surface area contributed by atoms with Crippen LogP contribution in [0.4, 0.5) is 5.69 Å². The van der Waals surface area contributed by atoms with Crippen LogP contribution in [0, 0.1) is 3.57 Å². The molecule has 0 saturated carbocycles. The predicted octanol–water partition coefficient (Wildman–Crippen LogP) is 4.26. The van der Waals surface area contributed by atoms with Crippen LogP contribution in [0.15, 0.2) is 42.5 Å². The van der Waals surface area contributed by atoms with Gasteiger partial charge in [0, 0.05) is 26.4 Å². The Hall–Kier alpha value is -0.940. The first-order chi connectivity index (χ1) is 8.16. The van der Waals surface area contributed by atoms with Crippen LogP contribution in [-0.2, 0) is 6.54 Å². The summed E-state index contributed by atoms with van der Waals surface area (Å²) in [5.41, 5.74) is 1.73. The number of nitrogens with one attached hydrogen (secondary N) is 1. The molecule has 0 aliphatic heterocycles. The van der Waals surface area contributed by atoms with Crippen LogP contribution >= 0.6 is 34.2 Å². The molecule has 2 aromatic rings. The number of benzene rings is 2. The van der Waals surface area contributed by atoms with E-state index in [0.717, 1.165) is 9.26 Å². The monoisotopic (exact) mass is 359 g/mol. The second-order valence-corrected chi connectivity index (χ2v) is 5.25. The Bertz CT molecular complexity index is 510. The van der Waals surface area contributed by atoms with Crippen molar-refractivity contribution < 1.29 is 5.11 Å². The molecule has 2 rings (SSSR count). The largest absolute Gasteiger partial charge is 0.508 e. The second kappa shape index (κ2) is 5.60. The van der Waals surface area contributed by atoms with E-state index in [2.05, 4.69) is 27.9 Å². The van der Waals surface area contributed by atoms with Crippen LogP contribution in [0.5, 0.6) is 5.75 Å². The van der Waals surface area contributed by atoms with Crippen LogP contribution < -0.4 is 5.32 Å². The van der Waals surface area contributed by atoms with Crippen LogP contribution in [0.1, 0.15) is 5.56 Å². The van der Waals surface area contributed by atoms with E-state index >= 15 is 0 Å². The van der Waals surface area contributed by atoms with E-state index in [-0.39, 0.29) is 5.75 Å². The summed E-state index contributed by atoms with van der Waals surface area (Å²) in [4.78, 5) is 0. The first kappa shape index (κ1) is 12.5. The fraction of sp³-hybridized carbons (Fsp3) is 0.0769. The molecule has 0 aliphatic carbocycles. The third-order valence-corrected chi connectivity index (χ3v) is 3.41. The molecule has 88 valence electrons. The van der Waals surface area contributed by atoms with Gasteiger partial charge in [0.25, 0.3) is 0 Å². The zero-order chi connectivity index (χ0) is 12.3. The third-order valence-electron chi connectivity index (χ3n) is 2.39. The van der Waals surface area contributed by atoms with Gasteiger partial charge < -0.3 is 10.4 Å². The van der Waals surface area contributed by atoms with Gasteiger partial charge in [-0.05, 0) is 52.9 Å². The molecule has 0 spiro atoms. The standard InChI is InChI=1S/C13H11ClINO/c14-12-5-2-6-13(17)11(12)8-16-10-4-1-3-9(15)7-10/h1-7,16-17H,8H2. The molecule has 2 aromatic carbocycles. The minimum Gasteiger partial charge on any atom is -0.508 e. The average Bonchev–Trinajstić information content (AvgIpc) is 2.28. The van der Waals surface area contributed by atoms with Gasteiger partial charge in [-0.2, -0.15) is 0 Å². The van der Waals surface area contributed by atoms with Gasteiger partial charge in [0.1, 0.15) is 5.75 Å². The number of rotatable bonds is 3. The SMILES string of the molecule is Oc1cccc(Cl)c1CNc1cccc(I)c1. The molecule has 0 saturated heterocycles. The summed E-state index contributed by atoms with van der Waals surface area (Å²) in [6.45, 7) is 0.506. The van der Waals surface area contributed by atoms with Crippen LogP contribution in [-0.4, -0.2) is 5.11 Å². The highest BCUT2D eigenvalue weighted by Gasteiger charge is 2.05. The lowest BCUT2D eigenvalue weighted by Crippen LogP contribution is -2.00. The van der Waals surface area contributed by atoms with Gasteiger partial charge in [0.05, 0.1) is 0 Å². The predicted molar refractivity (Wildman–Crippen MR) is 79.6 cm³/mol. The molecule has 0 radical (unpaired) electrons. The Morgan fingerprint density at radius 2 is 1.94 bits per heavy atom. The summed E-state index contributed by atoms with van der Waals surface area (Å²) < 4.78 is 1.16. The summed E-state index contributed by atoms with van der Waals surface area (Å²) in [6.07, 6.45) is 0. The minimum absolute atomic E-state index is 0.218. The van der Waals surface area contributed by atoms with Gasteiger partial charge in [-0.15, -0.1) is 0 Å². The fourth-order valence-electron chi connectivity index (χ4n) is 1.51. The second-order valence-electron chi connectivity index (χ2n) is 3.60. The van der Waals surface area contributed by atoms with Crippen molar-refractivity contribution in [2.75, 3.05) is 5.32 Å². The quantitative estimate of drug-likeness (QED) is 0.803. The number of phenols is 1. The maximum Gasteiger partial charge on any atom is 0.122 e. The molecule has 17 heavy (non-hydrogen) atoms. The number of halogens is 2. The lowest BCUT2D eigenvalue weighted by atomic mass is 10.2. The van der Waals surface area contributed by atoms with Crippen molar-refractivity contribution in [1.82, 2.24) is 0 Å². The van der Waals surface area contributed by atoms with Crippen LogP contribution in [0.25, 0.3) is 0 Å². The van der Waals surface area contributed by atoms with E-state index < -0.39 is 0 Å². The Labute approximate surface area is 119 Å². The zero-order valence-electron chi connectivity index (χ0n) is 8.95. The molecule has 0 heterocycles. The molecule has 4 heteroatoms. The van der Waals surface area contributed by atoms with Crippen molar-refractivity contribution in [3.63, 3.8) is 0 Å². The zero-order valence-corrected chi connectivity index (χ0v) is 11.9. The number of hydrogen-bond donors (Lipinski definition) is 2. The molecule has 0 amide bonds. The highest BCUT2D eigenvalue weighted by Crippen LogP contribution is 2.26. The Morgan fingerprint density at radius 3 is 2.65 bits per heavy atom. The Kier molecular flexibility index (Phi) is 4.12. The molecule has 2 nitrogen and oxygen atoms in total. The molecule has 0 unspecified atom stereocenters. The van der Waals surface area contributed by atoms with Gasteiger partial charge >= 0.3 is 0 Å². The van der Waals surface area contributed by atoms with Crippen molar-refractivity contribution >= 4 is 39.9 Å². The minimum atomic E-state index is 0.218. The Balaban J connectivity index is 2.13. The Morgan fingerprint density at radius 1 is 1.18 bits per heavy atom. The average molecular weight is 360 g/mol. The number of hydrogen-bond acceptors (Lipinski definition) is 2. The molecule has 0 atom stereocenters. The molecule has 0 fully saturated rings. The third kappa shape index (κ3) is 3.26. The van der Waals surface area contributed by atoms with Crippen LogP contribution in [0.2, 0.25) is 5.02 Å². The molecule has 0 aromatic heterocycles. The lowest BCUT2D eigenvalue weighted by molar-refractivity contribution is 0.469. The van der Waals surface area contributed by atoms with E-state index in [1.807, 2.05) is 24.3 Å². The molecular weight excluding hydrogens is 349 g/mol. The summed E-state index contributed by atoms with van der Waals surface area (Å²) in [5, 5.41) is 13.5. The van der Waals surface area contributed by atoms with E-state index in [9.17, 15) is 5.11 Å². The normalized spacial score (nSPS) is 10.2. The van der Waals surface area contributed by atoms with Gasteiger partial charge in [-0.3, -0.25) is 0 Å². The first-order valence-corrected chi connectivity index (χ1v) is 6.58. The van der Waals surface area contributed by atoms with Gasteiger partial charge in [-0.25, -0.2) is 0 Å². The summed E-state index contributed by atoms with van der Waals surface area (Å²) in [6, 6.07) is 13.2. The smallest absolute Gasteiger partial charge is 0.122 e. The highest BCUT2D eigenvalue weighted by molar-refractivity contribution is 14.1.